The summed E-state index contributed by atoms with van der Waals surface area (Å²) in [5, 5.41) is -0.184. The second-order valence-corrected chi connectivity index (χ2v) is 7.05. The third-order valence-electron chi connectivity index (χ3n) is 2.51. The molecule has 8 heteroatoms. The van der Waals surface area contributed by atoms with E-state index < -0.39 is 15.6 Å². The minimum atomic E-state index is -3.83. The lowest BCUT2D eigenvalue weighted by molar-refractivity contribution is 0.600. The van der Waals surface area contributed by atoms with E-state index in [0.29, 0.717) is 10.2 Å². The summed E-state index contributed by atoms with van der Waals surface area (Å²) in [4.78, 5) is 13.3. The highest BCUT2D eigenvalue weighted by Crippen LogP contribution is 2.26. The molecule has 2 N–H and O–H groups in total. The van der Waals surface area contributed by atoms with E-state index in [0.717, 1.165) is 17.8 Å². The number of H-pyrrole nitrogens is 1. The van der Waals surface area contributed by atoms with Gasteiger partial charge in [0.05, 0.1) is 5.69 Å². The molecular formula is C12H10BrClN2O3S. The van der Waals surface area contributed by atoms with Crippen LogP contribution in [0.15, 0.2) is 44.6 Å². The maximum atomic E-state index is 12.2. The summed E-state index contributed by atoms with van der Waals surface area (Å²) >= 11 is 8.91. The first-order valence-corrected chi connectivity index (χ1v) is 8.12. The van der Waals surface area contributed by atoms with Gasteiger partial charge in [-0.1, -0.05) is 17.7 Å². The first-order chi connectivity index (χ1) is 9.29. The van der Waals surface area contributed by atoms with Crippen molar-refractivity contribution in [3.05, 3.63) is 55.9 Å². The Morgan fingerprint density at radius 3 is 2.65 bits per heavy atom. The maximum absolute atomic E-state index is 12.2. The van der Waals surface area contributed by atoms with E-state index in [9.17, 15) is 13.2 Å². The van der Waals surface area contributed by atoms with E-state index in [4.69, 9.17) is 11.6 Å². The van der Waals surface area contributed by atoms with Crippen LogP contribution in [0.1, 0.15) is 5.56 Å². The SMILES string of the molecule is Cc1ccc(Br)c(NS(=O)(=O)c2c[nH]c(=O)c(Cl)c2)c1. The van der Waals surface area contributed by atoms with Crippen LogP contribution in [0.3, 0.4) is 0 Å². The Hall–Kier alpha value is -1.31. The highest BCUT2D eigenvalue weighted by molar-refractivity contribution is 9.10. The molecule has 1 aromatic carbocycles. The van der Waals surface area contributed by atoms with E-state index >= 15 is 0 Å². The Kier molecular flexibility index (Phi) is 4.22. The molecule has 0 unspecified atom stereocenters. The van der Waals surface area contributed by atoms with Gasteiger partial charge in [-0.05, 0) is 46.6 Å². The molecular weight excluding hydrogens is 368 g/mol. The van der Waals surface area contributed by atoms with Gasteiger partial charge in [0, 0.05) is 10.7 Å². The number of nitrogens with one attached hydrogen (secondary N) is 2. The second-order valence-electron chi connectivity index (χ2n) is 4.10. The van der Waals surface area contributed by atoms with Crippen LogP contribution in [-0.4, -0.2) is 13.4 Å². The number of anilines is 1. The normalized spacial score (nSPS) is 11.3. The molecule has 0 spiro atoms. The molecule has 0 aliphatic rings. The van der Waals surface area contributed by atoms with Crippen molar-refractivity contribution in [3.63, 3.8) is 0 Å². The summed E-state index contributed by atoms with van der Waals surface area (Å²) in [5.74, 6) is 0. The average Bonchev–Trinajstić information content (AvgIpc) is 2.36. The lowest BCUT2D eigenvalue weighted by Crippen LogP contribution is -2.16. The van der Waals surface area contributed by atoms with E-state index in [1.54, 1.807) is 12.1 Å². The van der Waals surface area contributed by atoms with Crippen LogP contribution in [0, 0.1) is 6.92 Å². The van der Waals surface area contributed by atoms with Crippen molar-refractivity contribution in [1.29, 1.82) is 0 Å². The summed E-state index contributed by atoms with van der Waals surface area (Å²) in [7, 11) is -3.83. The highest BCUT2D eigenvalue weighted by atomic mass is 79.9. The quantitative estimate of drug-likeness (QED) is 0.863. The summed E-state index contributed by atoms with van der Waals surface area (Å²) in [6, 6.07) is 6.38. The minimum absolute atomic E-state index is 0.115. The van der Waals surface area contributed by atoms with Gasteiger partial charge in [-0.2, -0.15) is 0 Å². The number of aryl methyl sites for hydroxylation is 1. The molecule has 5 nitrogen and oxygen atoms in total. The number of rotatable bonds is 3. The van der Waals surface area contributed by atoms with Crippen molar-refractivity contribution in [3.8, 4) is 0 Å². The summed E-state index contributed by atoms with van der Waals surface area (Å²) in [6.45, 7) is 1.85. The molecule has 2 aromatic rings. The van der Waals surface area contributed by atoms with Gasteiger partial charge in [0.25, 0.3) is 15.6 Å². The molecule has 1 aromatic heterocycles. The number of benzene rings is 1. The molecule has 0 atom stereocenters. The average molecular weight is 378 g/mol. The lowest BCUT2D eigenvalue weighted by Gasteiger charge is -2.10. The molecule has 106 valence electrons. The molecule has 0 aliphatic carbocycles. The van der Waals surface area contributed by atoms with Crippen LogP contribution in [-0.2, 0) is 10.0 Å². The van der Waals surface area contributed by atoms with Gasteiger partial charge in [-0.3, -0.25) is 9.52 Å². The van der Waals surface area contributed by atoms with E-state index in [1.807, 2.05) is 13.0 Å². The molecule has 0 aliphatic heterocycles. The number of hydrogen-bond acceptors (Lipinski definition) is 3. The van der Waals surface area contributed by atoms with Gasteiger partial charge in [0.1, 0.15) is 9.92 Å². The third-order valence-corrected chi connectivity index (χ3v) is 4.83. The van der Waals surface area contributed by atoms with Gasteiger partial charge < -0.3 is 4.98 Å². The Labute approximate surface area is 129 Å². The third kappa shape index (κ3) is 3.23. The first kappa shape index (κ1) is 15.1. The zero-order valence-corrected chi connectivity index (χ0v) is 13.4. The van der Waals surface area contributed by atoms with E-state index in [2.05, 4.69) is 25.6 Å². The van der Waals surface area contributed by atoms with Crippen molar-refractivity contribution in [2.75, 3.05) is 4.72 Å². The lowest BCUT2D eigenvalue weighted by atomic mass is 10.2. The standard InChI is InChI=1S/C12H10BrClN2O3S/c1-7-2-3-9(13)11(4-7)16-20(18,19)8-5-10(14)12(17)15-6-8/h2-6,16H,1H3,(H,15,17). The van der Waals surface area contributed by atoms with Crippen LogP contribution in [0.4, 0.5) is 5.69 Å². The zero-order valence-electron chi connectivity index (χ0n) is 10.3. The highest BCUT2D eigenvalue weighted by Gasteiger charge is 2.17. The van der Waals surface area contributed by atoms with Crippen molar-refractivity contribution in [1.82, 2.24) is 4.98 Å². The van der Waals surface area contributed by atoms with Crippen molar-refractivity contribution < 1.29 is 8.42 Å². The molecule has 0 saturated heterocycles. The molecule has 2 rings (SSSR count). The number of aromatic amines is 1. The van der Waals surface area contributed by atoms with Crippen molar-refractivity contribution in [2.45, 2.75) is 11.8 Å². The molecule has 1 heterocycles. The fourth-order valence-electron chi connectivity index (χ4n) is 1.51. The van der Waals surface area contributed by atoms with Gasteiger partial charge in [-0.25, -0.2) is 8.42 Å². The fourth-order valence-corrected chi connectivity index (χ4v) is 3.29. The molecule has 0 bridgehead atoms. The Morgan fingerprint density at radius 1 is 1.30 bits per heavy atom. The summed E-state index contributed by atoms with van der Waals surface area (Å²) in [5.41, 5.74) is 0.778. The summed E-state index contributed by atoms with van der Waals surface area (Å²) < 4.78 is 27.5. The Morgan fingerprint density at radius 2 is 2.00 bits per heavy atom. The van der Waals surface area contributed by atoms with Crippen LogP contribution < -0.4 is 10.3 Å². The maximum Gasteiger partial charge on any atom is 0.266 e. The molecule has 0 radical (unpaired) electrons. The minimum Gasteiger partial charge on any atom is -0.326 e. The van der Waals surface area contributed by atoms with Crippen LogP contribution in [0.25, 0.3) is 0 Å². The molecule has 0 amide bonds. The van der Waals surface area contributed by atoms with Crippen molar-refractivity contribution >= 4 is 43.2 Å². The molecule has 0 saturated carbocycles. The second kappa shape index (κ2) is 5.59. The topological polar surface area (TPSA) is 79.0 Å². The zero-order chi connectivity index (χ0) is 14.9. The molecule has 20 heavy (non-hydrogen) atoms. The Bertz CT molecular complexity index is 818. The summed E-state index contributed by atoms with van der Waals surface area (Å²) in [6.07, 6.45) is 1.10. The number of pyridine rings is 1. The smallest absolute Gasteiger partial charge is 0.266 e. The number of hydrogen-bond donors (Lipinski definition) is 2. The fraction of sp³-hybridized carbons (Fsp3) is 0.0833. The van der Waals surface area contributed by atoms with Crippen molar-refractivity contribution in [2.24, 2.45) is 0 Å². The first-order valence-electron chi connectivity index (χ1n) is 5.47. The van der Waals surface area contributed by atoms with Crippen LogP contribution in [0.2, 0.25) is 5.02 Å². The van der Waals surface area contributed by atoms with Gasteiger partial charge >= 0.3 is 0 Å². The number of halogens is 2. The van der Waals surface area contributed by atoms with Crippen LogP contribution >= 0.6 is 27.5 Å². The largest absolute Gasteiger partial charge is 0.326 e. The Balaban J connectivity index is 2.43. The number of sulfonamides is 1. The van der Waals surface area contributed by atoms with E-state index in [-0.39, 0.29) is 9.92 Å². The number of aromatic nitrogens is 1. The van der Waals surface area contributed by atoms with Gasteiger partial charge in [0.15, 0.2) is 0 Å². The van der Waals surface area contributed by atoms with E-state index in [1.165, 1.54) is 0 Å². The molecule has 0 fully saturated rings. The van der Waals surface area contributed by atoms with Gasteiger partial charge in [-0.15, -0.1) is 0 Å². The predicted octanol–water partition coefficient (Wildman–Crippen LogP) is 2.90. The monoisotopic (exact) mass is 376 g/mol. The van der Waals surface area contributed by atoms with Gasteiger partial charge in [0.2, 0.25) is 0 Å². The predicted molar refractivity (Wildman–Crippen MR) is 81.8 cm³/mol. The van der Waals surface area contributed by atoms with Crippen LogP contribution in [0.5, 0.6) is 0 Å².